The number of aryl methyl sites for hydroxylation is 1. The van der Waals surface area contributed by atoms with E-state index in [1.165, 1.54) is 11.3 Å². The molecule has 0 saturated carbocycles. The van der Waals surface area contributed by atoms with E-state index in [4.69, 9.17) is 4.98 Å². The fraction of sp³-hybridized carbons (Fsp3) is 0.227. The van der Waals surface area contributed by atoms with Crippen molar-refractivity contribution >= 4 is 48.5 Å². The Bertz CT molecular complexity index is 1170. The van der Waals surface area contributed by atoms with Crippen molar-refractivity contribution in [1.82, 2.24) is 14.8 Å². The minimum absolute atomic E-state index is 0.0903. The van der Waals surface area contributed by atoms with Crippen LogP contribution < -0.4 is 4.90 Å². The van der Waals surface area contributed by atoms with Crippen LogP contribution in [0.4, 0.5) is 5.13 Å². The van der Waals surface area contributed by atoms with E-state index in [2.05, 4.69) is 21.0 Å². The van der Waals surface area contributed by atoms with Crippen LogP contribution in [0.15, 0.2) is 59.1 Å². The number of amides is 1. The fourth-order valence-electron chi connectivity index (χ4n) is 3.20. The van der Waals surface area contributed by atoms with E-state index < -0.39 is 0 Å². The number of aromatic nitrogens is 3. The Morgan fingerprint density at radius 2 is 1.93 bits per heavy atom. The summed E-state index contributed by atoms with van der Waals surface area (Å²) in [6.07, 6.45) is 0. The van der Waals surface area contributed by atoms with Crippen molar-refractivity contribution in [1.29, 1.82) is 0 Å². The lowest BCUT2D eigenvalue weighted by Gasteiger charge is -2.21. The van der Waals surface area contributed by atoms with Gasteiger partial charge in [0.1, 0.15) is 5.69 Å². The number of halogens is 1. The summed E-state index contributed by atoms with van der Waals surface area (Å²) in [6.45, 7) is 6.41. The van der Waals surface area contributed by atoms with Crippen molar-refractivity contribution in [2.45, 2.75) is 33.4 Å². The van der Waals surface area contributed by atoms with E-state index in [0.29, 0.717) is 17.4 Å². The summed E-state index contributed by atoms with van der Waals surface area (Å²) < 4.78 is 3.82. The first-order valence-electron chi connectivity index (χ1n) is 9.40. The molecule has 0 spiro atoms. The van der Waals surface area contributed by atoms with Gasteiger partial charge in [0, 0.05) is 10.5 Å². The first-order valence-corrected chi connectivity index (χ1v) is 11.0. The molecule has 4 aromatic rings. The predicted octanol–water partition coefficient (Wildman–Crippen LogP) is 5.99. The highest BCUT2D eigenvalue weighted by Crippen LogP contribution is 2.32. The Morgan fingerprint density at radius 3 is 2.66 bits per heavy atom. The number of fused-ring (bicyclic) bond motifs is 1. The third kappa shape index (κ3) is 4.11. The first-order chi connectivity index (χ1) is 13.9. The molecule has 0 aliphatic rings. The van der Waals surface area contributed by atoms with Crippen molar-refractivity contribution in [2.75, 3.05) is 4.90 Å². The van der Waals surface area contributed by atoms with Crippen molar-refractivity contribution in [2.24, 2.45) is 0 Å². The summed E-state index contributed by atoms with van der Waals surface area (Å²) >= 11 is 5.03. The molecule has 2 heterocycles. The maximum atomic E-state index is 13.7. The van der Waals surface area contributed by atoms with Crippen molar-refractivity contribution in [3.8, 4) is 0 Å². The van der Waals surface area contributed by atoms with E-state index in [9.17, 15) is 4.79 Å². The van der Waals surface area contributed by atoms with Gasteiger partial charge in [-0.15, -0.1) is 0 Å². The number of hydrogen-bond acceptors (Lipinski definition) is 4. The third-order valence-electron chi connectivity index (χ3n) is 4.56. The second-order valence-electron chi connectivity index (χ2n) is 7.19. The number of anilines is 1. The highest BCUT2D eigenvalue weighted by molar-refractivity contribution is 9.10. The number of thiazole rings is 1. The number of carbonyl (C=O) groups is 1. The summed E-state index contributed by atoms with van der Waals surface area (Å²) in [5.41, 5.74) is 3.34. The van der Waals surface area contributed by atoms with Gasteiger partial charge in [-0.2, -0.15) is 5.10 Å². The van der Waals surface area contributed by atoms with Gasteiger partial charge in [-0.3, -0.25) is 14.4 Å². The standard InChI is InChI=1S/C22H21BrN4OS/c1-14(2)27-19(11-15(3)25-27)21(28)26(13-16-7-5-4-6-8-16)22-24-18-10-9-17(23)12-20(18)29-22/h4-12,14H,13H2,1-3H3. The summed E-state index contributed by atoms with van der Waals surface area (Å²) in [5, 5.41) is 5.20. The lowest BCUT2D eigenvalue weighted by Crippen LogP contribution is -2.32. The van der Waals surface area contributed by atoms with Crippen LogP contribution in [0.3, 0.4) is 0 Å². The van der Waals surface area contributed by atoms with Gasteiger partial charge in [0.2, 0.25) is 0 Å². The predicted molar refractivity (Wildman–Crippen MR) is 122 cm³/mol. The minimum Gasteiger partial charge on any atom is -0.278 e. The van der Waals surface area contributed by atoms with Crippen LogP contribution in [0.1, 0.15) is 41.6 Å². The molecule has 29 heavy (non-hydrogen) atoms. The molecular formula is C22H21BrN4OS. The number of nitrogens with zero attached hydrogens (tertiary/aromatic N) is 4. The molecule has 0 fully saturated rings. The smallest absolute Gasteiger partial charge is 0.278 e. The average molecular weight is 469 g/mol. The van der Waals surface area contributed by atoms with Crippen LogP contribution in [0.2, 0.25) is 0 Å². The molecule has 7 heteroatoms. The van der Waals surface area contributed by atoms with Crippen LogP contribution in [0.25, 0.3) is 10.2 Å². The highest BCUT2D eigenvalue weighted by Gasteiger charge is 2.26. The normalized spacial score (nSPS) is 11.3. The molecule has 0 unspecified atom stereocenters. The molecular weight excluding hydrogens is 448 g/mol. The Balaban J connectivity index is 1.80. The zero-order chi connectivity index (χ0) is 20.5. The lowest BCUT2D eigenvalue weighted by molar-refractivity contribution is 0.0973. The summed E-state index contributed by atoms with van der Waals surface area (Å²) in [6, 6.07) is 17.9. The number of benzene rings is 2. The maximum absolute atomic E-state index is 13.7. The van der Waals surface area contributed by atoms with Gasteiger partial charge in [-0.25, -0.2) is 4.98 Å². The van der Waals surface area contributed by atoms with Gasteiger partial charge in [-0.05, 0) is 50.6 Å². The number of hydrogen-bond donors (Lipinski definition) is 0. The Hall–Kier alpha value is -2.51. The molecule has 4 rings (SSSR count). The van der Waals surface area contributed by atoms with Gasteiger partial charge < -0.3 is 0 Å². The highest BCUT2D eigenvalue weighted by atomic mass is 79.9. The molecule has 0 saturated heterocycles. The summed E-state index contributed by atoms with van der Waals surface area (Å²) in [7, 11) is 0. The third-order valence-corrected chi connectivity index (χ3v) is 6.10. The van der Waals surface area contributed by atoms with Gasteiger partial charge >= 0.3 is 0 Å². The molecule has 0 atom stereocenters. The van der Waals surface area contributed by atoms with Gasteiger partial charge in [0.25, 0.3) is 5.91 Å². The van der Waals surface area contributed by atoms with Crippen molar-refractivity contribution in [3.05, 3.63) is 76.0 Å². The zero-order valence-corrected chi connectivity index (χ0v) is 18.9. The fourth-order valence-corrected chi connectivity index (χ4v) is 4.72. The number of rotatable bonds is 5. The van der Waals surface area contributed by atoms with E-state index >= 15 is 0 Å². The lowest BCUT2D eigenvalue weighted by atomic mass is 10.2. The summed E-state index contributed by atoms with van der Waals surface area (Å²) in [5.74, 6) is -0.0960. The molecule has 2 aromatic heterocycles. The molecule has 2 aromatic carbocycles. The van der Waals surface area contributed by atoms with Crippen LogP contribution >= 0.6 is 27.3 Å². The van der Waals surface area contributed by atoms with Gasteiger partial charge in [0.15, 0.2) is 5.13 Å². The summed E-state index contributed by atoms with van der Waals surface area (Å²) in [4.78, 5) is 20.2. The molecule has 0 aliphatic heterocycles. The van der Waals surface area contributed by atoms with E-state index in [-0.39, 0.29) is 11.9 Å². The molecule has 148 valence electrons. The molecule has 1 amide bonds. The van der Waals surface area contributed by atoms with Crippen LogP contribution in [0, 0.1) is 6.92 Å². The first kappa shape index (κ1) is 19.8. The molecule has 0 N–H and O–H groups in total. The van der Waals surface area contributed by atoms with Crippen LogP contribution in [-0.2, 0) is 6.54 Å². The average Bonchev–Trinajstić information content (AvgIpc) is 3.29. The van der Waals surface area contributed by atoms with Crippen molar-refractivity contribution < 1.29 is 4.79 Å². The zero-order valence-electron chi connectivity index (χ0n) is 16.5. The second-order valence-corrected chi connectivity index (χ2v) is 9.12. The van der Waals surface area contributed by atoms with Crippen LogP contribution in [0.5, 0.6) is 0 Å². The largest absolute Gasteiger partial charge is 0.278 e. The molecule has 5 nitrogen and oxygen atoms in total. The van der Waals surface area contributed by atoms with Gasteiger partial charge in [0.05, 0.1) is 22.5 Å². The Labute approximate surface area is 182 Å². The second kappa shape index (κ2) is 8.08. The molecule has 0 aliphatic carbocycles. The minimum atomic E-state index is -0.0960. The van der Waals surface area contributed by atoms with Crippen molar-refractivity contribution in [3.63, 3.8) is 0 Å². The topological polar surface area (TPSA) is 51.0 Å². The Morgan fingerprint density at radius 1 is 1.17 bits per heavy atom. The SMILES string of the molecule is Cc1cc(C(=O)N(Cc2ccccc2)c2nc3ccc(Br)cc3s2)n(C(C)C)n1. The van der Waals surface area contributed by atoms with E-state index in [1.54, 1.807) is 9.58 Å². The van der Waals surface area contributed by atoms with E-state index in [1.807, 2.05) is 75.4 Å². The van der Waals surface area contributed by atoms with E-state index in [0.717, 1.165) is 25.9 Å². The quantitative estimate of drug-likeness (QED) is 0.361. The van der Waals surface area contributed by atoms with Gasteiger partial charge in [-0.1, -0.05) is 57.6 Å². The molecule has 0 radical (unpaired) electrons. The van der Waals surface area contributed by atoms with Crippen LogP contribution in [-0.4, -0.2) is 20.7 Å². The monoisotopic (exact) mass is 468 g/mol. The number of carbonyl (C=O) groups excluding carboxylic acids is 1. The Kier molecular flexibility index (Phi) is 5.52. The molecule has 0 bridgehead atoms. The maximum Gasteiger partial charge on any atom is 0.278 e.